The molecule has 3 rings (SSSR count). The summed E-state index contributed by atoms with van der Waals surface area (Å²) in [6.07, 6.45) is 0. The molecule has 4 nitrogen and oxygen atoms in total. The van der Waals surface area contributed by atoms with Gasteiger partial charge in [-0.15, -0.1) is 0 Å². The first-order valence-electron chi connectivity index (χ1n) is 9.48. The number of aryl methyl sites for hydroxylation is 1. The van der Waals surface area contributed by atoms with Crippen LogP contribution in [0.1, 0.15) is 22.3 Å². The van der Waals surface area contributed by atoms with Crippen LogP contribution in [0.15, 0.2) is 66.7 Å². The molecule has 0 unspecified atom stereocenters. The molecule has 0 spiro atoms. The summed E-state index contributed by atoms with van der Waals surface area (Å²) in [6, 6.07) is 22.7. The van der Waals surface area contributed by atoms with E-state index in [4.69, 9.17) is 14.2 Å². The molecule has 0 aliphatic rings. The van der Waals surface area contributed by atoms with E-state index >= 15 is 0 Å². The lowest BCUT2D eigenvalue weighted by atomic mass is 10.1. The van der Waals surface area contributed by atoms with Crippen molar-refractivity contribution >= 4 is 0 Å². The number of rotatable bonds is 9. The number of hydrogen-bond donors (Lipinski definition) is 1. The third-order valence-electron chi connectivity index (χ3n) is 4.62. The van der Waals surface area contributed by atoms with Crippen LogP contribution < -0.4 is 19.5 Å². The highest BCUT2D eigenvalue weighted by Crippen LogP contribution is 2.28. The van der Waals surface area contributed by atoms with Crippen molar-refractivity contribution in [2.24, 2.45) is 0 Å². The minimum Gasteiger partial charge on any atom is -0.497 e. The van der Waals surface area contributed by atoms with Gasteiger partial charge in [0.2, 0.25) is 0 Å². The molecule has 0 radical (unpaired) electrons. The highest BCUT2D eigenvalue weighted by atomic mass is 16.5. The van der Waals surface area contributed by atoms with Crippen LogP contribution in [0.3, 0.4) is 0 Å². The number of nitrogens with two attached hydrogens (primary N) is 1. The average Bonchev–Trinajstić information content (AvgIpc) is 2.73. The number of quaternary nitrogens is 1. The summed E-state index contributed by atoms with van der Waals surface area (Å²) in [5.41, 5.74) is 4.86. The van der Waals surface area contributed by atoms with Gasteiger partial charge in [-0.3, -0.25) is 0 Å². The van der Waals surface area contributed by atoms with Crippen LogP contribution >= 0.6 is 0 Å². The molecule has 3 aromatic rings. The summed E-state index contributed by atoms with van der Waals surface area (Å²) in [5.74, 6) is 2.42. The number of hydrogen-bond acceptors (Lipinski definition) is 3. The van der Waals surface area contributed by atoms with Crippen molar-refractivity contribution in [2.75, 3.05) is 14.2 Å². The van der Waals surface area contributed by atoms with E-state index in [2.05, 4.69) is 54.7 Å². The van der Waals surface area contributed by atoms with Gasteiger partial charge in [0.15, 0.2) is 11.5 Å². The maximum absolute atomic E-state index is 5.97. The molecule has 0 fully saturated rings. The second-order valence-electron chi connectivity index (χ2n) is 6.81. The molecule has 146 valence electrons. The normalized spacial score (nSPS) is 10.5. The predicted octanol–water partition coefficient (Wildman–Crippen LogP) is 3.85. The second-order valence-corrected chi connectivity index (χ2v) is 6.81. The van der Waals surface area contributed by atoms with Gasteiger partial charge in [-0.1, -0.05) is 29.8 Å². The smallest absolute Gasteiger partial charge is 0.161 e. The quantitative estimate of drug-likeness (QED) is 0.615. The fraction of sp³-hybridized carbons (Fsp3) is 0.250. The Bertz CT molecular complexity index is 891. The number of ether oxygens (including phenoxy) is 3. The first-order valence-corrected chi connectivity index (χ1v) is 9.48. The Hall–Kier alpha value is -2.98. The predicted molar refractivity (Wildman–Crippen MR) is 111 cm³/mol. The summed E-state index contributed by atoms with van der Waals surface area (Å²) in [7, 11) is 3.36. The van der Waals surface area contributed by atoms with Crippen LogP contribution in [0.2, 0.25) is 0 Å². The molecule has 0 atom stereocenters. The largest absolute Gasteiger partial charge is 0.497 e. The molecular weight excluding hydrogens is 350 g/mol. The van der Waals surface area contributed by atoms with Crippen molar-refractivity contribution in [1.29, 1.82) is 0 Å². The molecule has 0 aliphatic carbocycles. The van der Waals surface area contributed by atoms with Crippen molar-refractivity contribution in [3.63, 3.8) is 0 Å². The summed E-state index contributed by atoms with van der Waals surface area (Å²) < 4.78 is 16.7. The number of benzene rings is 3. The number of methoxy groups -OCH3 is 2. The first-order chi connectivity index (χ1) is 13.7. The molecular formula is C24H28NO3+. The lowest BCUT2D eigenvalue weighted by Gasteiger charge is -2.12. The van der Waals surface area contributed by atoms with E-state index in [0.717, 1.165) is 35.9 Å². The fourth-order valence-corrected chi connectivity index (χ4v) is 3.09. The minimum absolute atomic E-state index is 0.529. The van der Waals surface area contributed by atoms with Crippen molar-refractivity contribution < 1.29 is 19.5 Å². The van der Waals surface area contributed by atoms with Crippen LogP contribution in [0.4, 0.5) is 0 Å². The Morgan fingerprint density at radius 2 is 1.46 bits per heavy atom. The van der Waals surface area contributed by atoms with E-state index in [1.165, 1.54) is 16.7 Å². The van der Waals surface area contributed by atoms with Gasteiger partial charge in [0.1, 0.15) is 25.4 Å². The third-order valence-corrected chi connectivity index (χ3v) is 4.62. The summed E-state index contributed by atoms with van der Waals surface area (Å²) >= 11 is 0. The van der Waals surface area contributed by atoms with Gasteiger partial charge >= 0.3 is 0 Å². The summed E-state index contributed by atoms with van der Waals surface area (Å²) in [6.45, 7) is 4.40. The van der Waals surface area contributed by atoms with E-state index in [1.807, 2.05) is 24.3 Å². The lowest BCUT2D eigenvalue weighted by Crippen LogP contribution is -2.80. The minimum atomic E-state index is 0.529. The molecule has 0 aliphatic heterocycles. The van der Waals surface area contributed by atoms with E-state index in [1.54, 1.807) is 14.2 Å². The van der Waals surface area contributed by atoms with Gasteiger partial charge in [-0.2, -0.15) is 0 Å². The molecule has 0 heterocycles. The zero-order valence-corrected chi connectivity index (χ0v) is 16.8. The lowest BCUT2D eigenvalue weighted by molar-refractivity contribution is -0.686. The van der Waals surface area contributed by atoms with Gasteiger partial charge in [0.25, 0.3) is 0 Å². The average molecular weight is 378 g/mol. The first kappa shape index (κ1) is 19.8. The summed E-state index contributed by atoms with van der Waals surface area (Å²) in [5, 5.41) is 2.27. The zero-order valence-electron chi connectivity index (χ0n) is 16.8. The molecule has 2 N–H and O–H groups in total. The van der Waals surface area contributed by atoms with E-state index in [9.17, 15) is 0 Å². The topological polar surface area (TPSA) is 44.3 Å². The van der Waals surface area contributed by atoms with Crippen molar-refractivity contribution in [3.05, 3.63) is 89.0 Å². The Morgan fingerprint density at radius 3 is 2.18 bits per heavy atom. The van der Waals surface area contributed by atoms with E-state index in [0.29, 0.717) is 6.61 Å². The molecule has 0 bridgehead atoms. The maximum atomic E-state index is 5.97. The van der Waals surface area contributed by atoms with Crippen molar-refractivity contribution in [3.8, 4) is 17.2 Å². The van der Waals surface area contributed by atoms with Crippen LogP contribution in [-0.4, -0.2) is 14.2 Å². The Kier molecular flexibility index (Phi) is 6.93. The van der Waals surface area contributed by atoms with Crippen molar-refractivity contribution in [1.82, 2.24) is 0 Å². The molecule has 4 heteroatoms. The highest BCUT2D eigenvalue weighted by molar-refractivity contribution is 5.43. The highest BCUT2D eigenvalue weighted by Gasteiger charge is 2.08. The van der Waals surface area contributed by atoms with Crippen LogP contribution in [0.5, 0.6) is 17.2 Å². The zero-order chi connectivity index (χ0) is 19.8. The van der Waals surface area contributed by atoms with Crippen molar-refractivity contribution in [2.45, 2.75) is 26.6 Å². The molecule has 0 aromatic heterocycles. The molecule has 0 saturated carbocycles. The maximum Gasteiger partial charge on any atom is 0.161 e. The molecule has 3 aromatic carbocycles. The second kappa shape index (κ2) is 9.81. The van der Waals surface area contributed by atoms with Gasteiger partial charge in [0.05, 0.1) is 14.2 Å². The van der Waals surface area contributed by atoms with Gasteiger partial charge in [0, 0.05) is 11.1 Å². The Labute approximate surface area is 167 Å². The molecule has 0 saturated heterocycles. The van der Waals surface area contributed by atoms with Gasteiger partial charge < -0.3 is 19.5 Å². The Balaban J connectivity index is 1.55. The van der Waals surface area contributed by atoms with E-state index < -0.39 is 0 Å². The SMILES string of the molecule is COc1ccc(C[NH2+]Cc2ccc(OCc3cccc(C)c3)c(OC)c2)cc1. The standard InChI is InChI=1S/C24H27NO3/c1-18-5-4-6-21(13-18)17-28-23-12-9-20(14-24(23)27-3)16-25-15-19-7-10-22(26-2)11-8-19/h4-14,25H,15-17H2,1-3H3/p+1. The van der Waals surface area contributed by atoms with Gasteiger partial charge in [-0.05, 0) is 55.0 Å². The molecule has 0 amide bonds. The van der Waals surface area contributed by atoms with Crippen LogP contribution in [-0.2, 0) is 19.7 Å². The van der Waals surface area contributed by atoms with Crippen LogP contribution in [0, 0.1) is 6.92 Å². The van der Waals surface area contributed by atoms with E-state index in [-0.39, 0.29) is 0 Å². The van der Waals surface area contributed by atoms with Gasteiger partial charge in [-0.25, -0.2) is 0 Å². The van der Waals surface area contributed by atoms with Crippen LogP contribution in [0.25, 0.3) is 0 Å². The molecule has 28 heavy (non-hydrogen) atoms. The fourth-order valence-electron chi connectivity index (χ4n) is 3.09. The monoisotopic (exact) mass is 378 g/mol. The Morgan fingerprint density at radius 1 is 0.714 bits per heavy atom. The summed E-state index contributed by atoms with van der Waals surface area (Å²) in [4.78, 5) is 0. The third kappa shape index (κ3) is 5.51.